The van der Waals surface area contributed by atoms with E-state index < -0.39 is 0 Å². The first kappa shape index (κ1) is 14.0. The largest absolute Gasteiger partial charge is 1.00 e. The summed E-state index contributed by atoms with van der Waals surface area (Å²) in [5.74, 6) is 0. The van der Waals surface area contributed by atoms with E-state index in [1.807, 2.05) is 0 Å². The summed E-state index contributed by atoms with van der Waals surface area (Å²) in [4.78, 5) is 0. The molecule has 0 spiro atoms. The minimum atomic E-state index is 0. The molecule has 0 bridgehead atoms. The zero-order valence-corrected chi connectivity index (χ0v) is 10.9. The molecule has 2 heteroatoms. The fraction of sp³-hybridized carbons (Fsp3) is 1.00. The molecule has 58 valence electrons. The van der Waals surface area contributed by atoms with Gasteiger partial charge in [0.2, 0.25) is 0 Å². The summed E-state index contributed by atoms with van der Waals surface area (Å²) in [5, 5.41) is 1.18. The van der Waals surface area contributed by atoms with Crippen LogP contribution in [0.1, 0.15) is 46.9 Å². The summed E-state index contributed by atoms with van der Waals surface area (Å²) in [6.45, 7) is 2.25. The SMILES string of the molecule is CCCCCCCCBr.[H-].[Na+]. The number of unbranched alkanes of at least 4 members (excludes halogenated alkanes) is 5. The Hall–Kier alpha value is 1.48. The zero-order valence-electron chi connectivity index (χ0n) is 8.33. The van der Waals surface area contributed by atoms with Crippen LogP contribution in [0.5, 0.6) is 0 Å². The fourth-order valence-electron chi connectivity index (χ4n) is 0.875. The Labute approximate surface area is 97.1 Å². The van der Waals surface area contributed by atoms with Gasteiger partial charge < -0.3 is 1.43 Å². The van der Waals surface area contributed by atoms with Gasteiger partial charge in [0.05, 0.1) is 0 Å². The van der Waals surface area contributed by atoms with Gasteiger partial charge in [-0.1, -0.05) is 55.0 Å². The van der Waals surface area contributed by atoms with Crippen LogP contribution in [0.3, 0.4) is 0 Å². The molecule has 0 amide bonds. The first-order valence-corrected chi connectivity index (χ1v) is 5.10. The molecule has 0 fully saturated rings. The molecule has 0 N–H and O–H groups in total. The Balaban J connectivity index is -0.000000320. The molecule has 0 rings (SSSR count). The van der Waals surface area contributed by atoms with Crippen molar-refractivity contribution in [3.63, 3.8) is 0 Å². The van der Waals surface area contributed by atoms with Gasteiger partial charge >= 0.3 is 29.6 Å². The molecule has 0 atom stereocenters. The first-order chi connectivity index (χ1) is 4.41. The Morgan fingerprint density at radius 2 is 1.50 bits per heavy atom. The second-order valence-electron chi connectivity index (χ2n) is 2.46. The molecule has 0 aliphatic rings. The third-order valence-electron chi connectivity index (χ3n) is 1.49. The first-order valence-electron chi connectivity index (χ1n) is 3.97. The number of halogens is 1. The van der Waals surface area contributed by atoms with Crippen molar-refractivity contribution < 1.29 is 31.0 Å². The van der Waals surface area contributed by atoms with Crippen molar-refractivity contribution in [1.82, 2.24) is 0 Å². The maximum atomic E-state index is 3.42. The van der Waals surface area contributed by atoms with Crippen molar-refractivity contribution in [3.05, 3.63) is 0 Å². The molecular weight excluding hydrogens is 199 g/mol. The number of hydrogen-bond acceptors (Lipinski definition) is 0. The van der Waals surface area contributed by atoms with Gasteiger partial charge in [0, 0.05) is 5.33 Å². The van der Waals surface area contributed by atoms with Crippen LogP contribution < -0.4 is 29.6 Å². The van der Waals surface area contributed by atoms with Crippen molar-refractivity contribution in [1.29, 1.82) is 0 Å². The minimum absolute atomic E-state index is 0. The van der Waals surface area contributed by atoms with E-state index >= 15 is 0 Å². The molecule has 0 heterocycles. The molecule has 10 heavy (non-hydrogen) atoms. The van der Waals surface area contributed by atoms with Gasteiger partial charge in [-0.2, -0.15) is 0 Å². The average molecular weight is 217 g/mol. The zero-order chi connectivity index (χ0) is 6.95. The molecular formula is C8H18BrNa. The van der Waals surface area contributed by atoms with Crippen molar-refractivity contribution in [2.45, 2.75) is 45.4 Å². The number of hydrogen-bond donors (Lipinski definition) is 0. The maximum Gasteiger partial charge on any atom is 1.00 e. The quantitative estimate of drug-likeness (QED) is 0.351. The van der Waals surface area contributed by atoms with Crippen molar-refractivity contribution >= 4 is 15.9 Å². The standard InChI is InChI=1S/C8H17Br.Na.H/c1-2-3-4-5-6-7-8-9;;/h2-8H2,1H3;;/q;+1;-1. The molecule has 0 saturated heterocycles. The molecule has 0 saturated carbocycles. The molecule has 0 aromatic rings. The van der Waals surface area contributed by atoms with Gasteiger partial charge in [-0.15, -0.1) is 0 Å². The van der Waals surface area contributed by atoms with Gasteiger partial charge in [0.1, 0.15) is 0 Å². The second-order valence-corrected chi connectivity index (χ2v) is 3.25. The van der Waals surface area contributed by atoms with E-state index in [2.05, 4.69) is 22.9 Å². The summed E-state index contributed by atoms with van der Waals surface area (Å²) in [5.41, 5.74) is 0. The Morgan fingerprint density at radius 1 is 1.00 bits per heavy atom. The van der Waals surface area contributed by atoms with Gasteiger partial charge in [-0.25, -0.2) is 0 Å². The van der Waals surface area contributed by atoms with E-state index in [0.717, 1.165) is 0 Å². The van der Waals surface area contributed by atoms with E-state index in [4.69, 9.17) is 0 Å². The van der Waals surface area contributed by atoms with Crippen LogP contribution in [0.4, 0.5) is 0 Å². The van der Waals surface area contributed by atoms with Crippen LogP contribution >= 0.6 is 15.9 Å². The average Bonchev–Trinajstić information content (AvgIpc) is 1.89. The predicted octanol–water partition coefficient (Wildman–Crippen LogP) is 0.858. The number of rotatable bonds is 6. The van der Waals surface area contributed by atoms with E-state index in [1.54, 1.807) is 0 Å². The molecule has 0 unspecified atom stereocenters. The monoisotopic (exact) mass is 216 g/mol. The summed E-state index contributed by atoms with van der Waals surface area (Å²) >= 11 is 3.42. The van der Waals surface area contributed by atoms with Gasteiger partial charge in [-0.05, 0) is 6.42 Å². The molecule has 0 nitrogen and oxygen atoms in total. The van der Waals surface area contributed by atoms with Crippen LogP contribution in [-0.2, 0) is 0 Å². The van der Waals surface area contributed by atoms with Crippen LogP contribution in [0.2, 0.25) is 0 Å². The smallest absolute Gasteiger partial charge is 1.00 e. The molecule has 0 aromatic carbocycles. The van der Waals surface area contributed by atoms with Crippen LogP contribution in [-0.4, -0.2) is 5.33 Å². The summed E-state index contributed by atoms with van der Waals surface area (Å²) in [7, 11) is 0. The van der Waals surface area contributed by atoms with E-state index in [0.29, 0.717) is 0 Å². The molecule has 0 aliphatic heterocycles. The van der Waals surface area contributed by atoms with Crippen LogP contribution in [0.15, 0.2) is 0 Å². The third kappa shape index (κ3) is 12.2. The fourth-order valence-corrected chi connectivity index (χ4v) is 1.27. The number of alkyl halides is 1. The summed E-state index contributed by atoms with van der Waals surface area (Å²) in [6, 6.07) is 0. The van der Waals surface area contributed by atoms with Crippen molar-refractivity contribution in [2.75, 3.05) is 5.33 Å². The van der Waals surface area contributed by atoms with E-state index in [1.165, 1.54) is 43.9 Å². The Bertz CT molecular complexity index is 47.4. The van der Waals surface area contributed by atoms with Gasteiger partial charge in [0.25, 0.3) is 0 Å². The van der Waals surface area contributed by atoms with Gasteiger partial charge in [0.15, 0.2) is 0 Å². The molecule has 0 aromatic heterocycles. The van der Waals surface area contributed by atoms with Crippen LogP contribution in [0, 0.1) is 0 Å². The van der Waals surface area contributed by atoms with Crippen molar-refractivity contribution in [2.24, 2.45) is 0 Å². The van der Waals surface area contributed by atoms with E-state index in [9.17, 15) is 0 Å². The third-order valence-corrected chi connectivity index (χ3v) is 2.05. The normalized spacial score (nSPS) is 9.00. The predicted molar refractivity (Wildman–Crippen MR) is 48.3 cm³/mol. The maximum absolute atomic E-state index is 3.42. The molecule has 0 radical (unpaired) electrons. The Morgan fingerprint density at radius 3 is 2.00 bits per heavy atom. The topological polar surface area (TPSA) is 0 Å². The van der Waals surface area contributed by atoms with E-state index in [-0.39, 0.29) is 31.0 Å². The summed E-state index contributed by atoms with van der Waals surface area (Å²) < 4.78 is 0. The van der Waals surface area contributed by atoms with Gasteiger partial charge in [-0.3, -0.25) is 0 Å². The Kier molecular flexibility index (Phi) is 18.4. The minimum Gasteiger partial charge on any atom is -1.00 e. The van der Waals surface area contributed by atoms with Crippen molar-refractivity contribution in [3.8, 4) is 0 Å². The second kappa shape index (κ2) is 13.1. The summed E-state index contributed by atoms with van der Waals surface area (Å²) in [6.07, 6.45) is 8.40. The molecule has 0 aliphatic carbocycles. The van der Waals surface area contributed by atoms with Crippen LogP contribution in [0.25, 0.3) is 0 Å².